The maximum atomic E-state index is 12.6. The van der Waals surface area contributed by atoms with E-state index in [1.165, 1.54) is 16.4 Å². The summed E-state index contributed by atoms with van der Waals surface area (Å²) in [5.74, 6) is 0.346. The molecule has 0 aliphatic heterocycles. The lowest BCUT2D eigenvalue weighted by molar-refractivity contribution is 0.340. The van der Waals surface area contributed by atoms with Crippen LogP contribution >= 0.6 is 0 Å². The van der Waals surface area contributed by atoms with E-state index in [1.54, 1.807) is 19.2 Å². The van der Waals surface area contributed by atoms with Crippen molar-refractivity contribution in [1.29, 1.82) is 5.26 Å². The fraction of sp³-hybridized carbons (Fsp3) is 0.462. The second-order valence-electron chi connectivity index (χ2n) is 4.77. The first kappa shape index (κ1) is 14.0. The van der Waals surface area contributed by atoms with Gasteiger partial charge in [-0.05, 0) is 30.9 Å². The summed E-state index contributed by atoms with van der Waals surface area (Å²) < 4.78 is 26.4. The lowest BCUT2D eigenvalue weighted by Crippen LogP contribution is -2.43. The molecular weight excluding hydrogens is 262 g/mol. The average Bonchev–Trinajstić information content (AvgIpc) is 3.24. The van der Waals surface area contributed by atoms with Gasteiger partial charge in [0.1, 0.15) is 6.07 Å². The van der Waals surface area contributed by atoms with Crippen LogP contribution < -0.4 is 5.73 Å². The van der Waals surface area contributed by atoms with Crippen LogP contribution in [0.5, 0.6) is 0 Å². The maximum absolute atomic E-state index is 12.6. The molecular formula is C13H17N3O2S. The molecule has 6 heteroatoms. The first-order valence-electron chi connectivity index (χ1n) is 6.19. The molecule has 2 rings (SSSR count). The van der Waals surface area contributed by atoms with E-state index in [-0.39, 0.29) is 16.5 Å². The molecule has 1 aliphatic rings. The third kappa shape index (κ3) is 2.63. The number of nitriles is 1. The summed E-state index contributed by atoms with van der Waals surface area (Å²) >= 11 is 0. The Labute approximate surface area is 113 Å². The number of hydrogen-bond donors (Lipinski definition) is 1. The third-order valence-corrected chi connectivity index (χ3v) is 5.48. The highest BCUT2D eigenvalue weighted by atomic mass is 32.2. The standard InChI is InChI=1S/C13H17N3O2S/c1-16(12(9-15)10-6-7-10)19(17,18)13-5-3-2-4-11(13)8-14/h2-5,10,12H,6-7,9,15H2,1H3. The molecule has 1 fully saturated rings. The summed E-state index contributed by atoms with van der Waals surface area (Å²) in [6.45, 7) is 0.301. The largest absolute Gasteiger partial charge is 0.329 e. The van der Waals surface area contributed by atoms with Gasteiger partial charge in [0.25, 0.3) is 0 Å². The van der Waals surface area contributed by atoms with Crippen LogP contribution in [0.4, 0.5) is 0 Å². The van der Waals surface area contributed by atoms with E-state index in [0.717, 1.165) is 12.8 Å². The second-order valence-corrected chi connectivity index (χ2v) is 6.74. The Kier molecular flexibility index (Phi) is 3.90. The van der Waals surface area contributed by atoms with Gasteiger partial charge >= 0.3 is 0 Å². The lowest BCUT2D eigenvalue weighted by Gasteiger charge is -2.26. The molecule has 1 unspecified atom stereocenters. The monoisotopic (exact) mass is 279 g/mol. The highest BCUT2D eigenvalue weighted by molar-refractivity contribution is 7.89. The van der Waals surface area contributed by atoms with Gasteiger partial charge < -0.3 is 5.73 Å². The summed E-state index contributed by atoms with van der Waals surface area (Å²) in [5.41, 5.74) is 5.86. The van der Waals surface area contributed by atoms with Gasteiger partial charge in [-0.3, -0.25) is 0 Å². The summed E-state index contributed by atoms with van der Waals surface area (Å²) in [6, 6.07) is 7.98. The molecule has 1 aromatic carbocycles. The van der Waals surface area contributed by atoms with Crippen LogP contribution in [0.2, 0.25) is 0 Å². The van der Waals surface area contributed by atoms with E-state index in [1.807, 2.05) is 6.07 Å². The van der Waals surface area contributed by atoms with Crippen molar-refractivity contribution in [3.05, 3.63) is 29.8 Å². The molecule has 0 radical (unpaired) electrons. The molecule has 1 saturated carbocycles. The Morgan fingerprint density at radius 2 is 2.11 bits per heavy atom. The minimum atomic E-state index is -3.67. The minimum Gasteiger partial charge on any atom is -0.329 e. The van der Waals surface area contributed by atoms with E-state index in [2.05, 4.69) is 0 Å². The zero-order valence-electron chi connectivity index (χ0n) is 10.8. The van der Waals surface area contributed by atoms with Gasteiger partial charge in [0.2, 0.25) is 10.0 Å². The highest BCUT2D eigenvalue weighted by Crippen LogP contribution is 2.36. The van der Waals surface area contributed by atoms with Crippen molar-refractivity contribution in [3.8, 4) is 6.07 Å². The molecule has 0 bridgehead atoms. The normalized spacial score (nSPS) is 17.2. The van der Waals surface area contributed by atoms with Gasteiger partial charge in [-0.1, -0.05) is 12.1 Å². The van der Waals surface area contributed by atoms with Crippen LogP contribution in [-0.2, 0) is 10.0 Å². The second kappa shape index (κ2) is 5.29. The molecule has 1 atom stereocenters. The molecule has 0 saturated heterocycles. The smallest absolute Gasteiger partial charge is 0.244 e. The van der Waals surface area contributed by atoms with Crippen LogP contribution in [0.1, 0.15) is 18.4 Å². The van der Waals surface area contributed by atoms with Crippen molar-refractivity contribution in [2.24, 2.45) is 11.7 Å². The Morgan fingerprint density at radius 3 is 2.63 bits per heavy atom. The molecule has 0 spiro atoms. The van der Waals surface area contributed by atoms with Crippen LogP contribution in [0.25, 0.3) is 0 Å². The van der Waals surface area contributed by atoms with Crippen LogP contribution in [-0.4, -0.2) is 32.4 Å². The summed E-state index contributed by atoms with van der Waals surface area (Å²) in [5, 5.41) is 9.02. The predicted octanol–water partition coefficient (Wildman–Crippen LogP) is 0.916. The number of likely N-dealkylation sites (N-methyl/N-ethyl adjacent to an activating group) is 1. The Morgan fingerprint density at radius 1 is 1.47 bits per heavy atom. The molecule has 0 amide bonds. The van der Waals surface area contributed by atoms with Gasteiger partial charge in [-0.2, -0.15) is 9.57 Å². The molecule has 102 valence electrons. The van der Waals surface area contributed by atoms with Gasteiger partial charge in [-0.15, -0.1) is 0 Å². The molecule has 1 aromatic rings. The number of nitrogens with zero attached hydrogens (tertiary/aromatic N) is 2. The maximum Gasteiger partial charge on any atom is 0.244 e. The van der Waals surface area contributed by atoms with E-state index in [4.69, 9.17) is 11.0 Å². The molecule has 1 aliphatic carbocycles. The molecule has 19 heavy (non-hydrogen) atoms. The predicted molar refractivity (Wildman–Crippen MR) is 71.7 cm³/mol. The molecule has 5 nitrogen and oxygen atoms in total. The fourth-order valence-corrected chi connectivity index (χ4v) is 3.80. The van der Waals surface area contributed by atoms with E-state index in [9.17, 15) is 8.42 Å². The van der Waals surface area contributed by atoms with Crippen LogP contribution in [0.3, 0.4) is 0 Å². The topological polar surface area (TPSA) is 87.2 Å². The number of sulfonamides is 1. The van der Waals surface area contributed by atoms with E-state index >= 15 is 0 Å². The van der Waals surface area contributed by atoms with E-state index in [0.29, 0.717) is 12.5 Å². The first-order valence-corrected chi connectivity index (χ1v) is 7.63. The van der Waals surface area contributed by atoms with E-state index < -0.39 is 10.0 Å². The molecule has 0 aromatic heterocycles. The average molecular weight is 279 g/mol. The lowest BCUT2D eigenvalue weighted by atomic mass is 10.2. The number of nitrogens with two attached hydrogens (primary N) is 1. The van der Waals surface area contributed by atoms with Crippen molar-refractivity contribution < 1.29 is 8.42 Å². The van der Waals surface area contributed by atoms with Crippen molar-refractivity contribution in [2.75, 3.05) is 13.6 Å². The number of benzene rings is 1. The van der Waals surface area contributed by atoms with Crippen molar-refractivity contribution in [3.63, 3.8) is 0 Å². The van der Waals surface area contributed by atoms with Gasteiger partial charge in [0, 0.05) is 19.6 Å². The first-order chi connectivity index (χ1) is 9.02. The van der Waals surface area contributed by atoms with Crippen molar-refractivity contribution >= 4 is 10.0 Å². The number of hydrogen-bond acceptors (Lipinski definition) is 4. The summed E-state index contributed by atoms with van der Waals surface area (Å²) in [6.07, 6.45) is 2.03. The van der Waals surface area contributed by atoms with Gasteiger partial charge in [0.05, 0.1) is 10.5 Å². The Bertz CT molecular complexity index is 603. The SMILES string of the molecule is CN(C(CN)C1CC1)S(=O)(=O)c1ccccc1C#N. The summed E-state index contributed by atoms with van der Waals surface area (Å²) in [4.78, 5) is 0.0547. The minimum absolute atomic E-state index is 0.0547. The van der Waals surface area contributed by atoms with Crippen molar-refractivity contribution in [2.45, 2.75) is 23.8 Å². The molecule has 2 N–H and O–H groups in total. The third-order valence-electron chi connectivity index (χ3n) is 3.54. The Balaban J connectivity index is 2.39. The van der Waals surface area contributed by atoms with Gasteiger partial charge in [-0.25, -0.2) is 8.42 Å². The fourth-order valence-electron chi connectivity index (χ4n) is 2.24. The van der Waals surface area contributed by atoms with Crippen LogP contribution in [0.15, 0.2) is 29.2 Å². The van der Waals surface area contributed by atoms with Gasteiger partial charge in [0.15, 0.2) is 0 Å². The van der Waals surface area contributed by atoms with Crippen LogP contribution in [0, 0.1) is 17.2 Å². The highest BCUT2D eigenvalue weighted by Gasteiger charge is 2.38. The summed E-state index contributed by atoms with van der Waals surface area (Å²) in [7, 11) is -2.13. The molecule has 0 heterocycles. The number of rotatable bonds is 5. The van der Waals surface area contributed by atoms with Crippen molar-refractivity contribution in [1.82, 2.24) is 4.31 Å². The Hall–Kier alpha value is -1.42. The quantitative estimate of drug-likeness (QED) is 0.868. The zero-order valence-corrected chi connectivity index (χ0v) is 11.6. The zero-order chi connectivity index (χ0) is 14.0.